The molecule has 4 rings (SSSR count). The van der Waals surface area contributed by atoms with Crippen molar-refractivity contribution in [3.63, 3.8) is 0 Å². The molecule has 1 N–H and O–H groups in total. The highest BCUT2D eigenvalue weighted by Crippen LogP contribution is 2.30. The number of carbonyl (C=O) groups is 1. The molecule has 2 heterocycles. The first-order valence-corrected chi connectivity index (χ1v) is 10.5. The second kappa shape index (κ2) is 9.05. The van der Waals surface area contributed by atoms with Gasteiger partial charge in [-0.1, -0.05) is 54.6 Å². The van der Waals surface area contributed by atoms with Crippen LogP contribution in [0.1, 0.15) is 32.0 Å². The Morgan fingerprint density at radius 2 is 1.58 bits per heavy atom. The van der Waals surface area contributed by atoms with Gasteiger partial charge in [0, 0.05) is 17.7 Å². The fraction of sp³-hybridized carbons (Fsp3) is 0.192. The van der Waals surface area contributed by atoms with Crippen LogP contribution in [0.5, 0.6) is 0 Å². The normalized spacial score (nSPS) is 11.1. The van der Waals surface area contributed by atoms with Crippen LogP contribution in [0.25, 0.3) is 33.7 Å². The molecule has 0 atom stereocenters. The minimum Gasteiger partial charge on any atom is -0.444 e. The predicted molar refractivity (Wildman–Crippen MR) is 126 cm³/mol. The lowest BCUT2D eigenvalue weighted by Crippen LogP contribution is -2.32. The number of benzene rings is 2. The average Bonchev–Trinajstić information content (AvgIpc) is 2.81. The summed E-state index contributed by atoms with van der Waals surface area (Å²) in [5, 5.41) is 11.9. The molecule has 0 saturated heterocycles. The van der Waals surface area contributed by atoms with E-state index in [2.05, 4.69) is 10.3 Å². The van der Waals surface area contributed by atoms with Crippen molar-refractivity contribution in [3.05, 3.63) is 78.0 Å². The molecular weight excluding hydrogens is 414 g/mol. The van der Waals surface area contributed by atoms with E-state index in [0.29, 0.717) is 34.8 Å². The van der Waals surface area contributed by atoms with Crippen molar-refractivity contribution in [2.45, 2.75) is 32.9 Å². The number of carbonyl (C=O) groups excluding carboxylic acids is 1. The van der Waals surface area contributed by atoms with Gasteiger partial charge in [0.05, 0.1) is 11.4 Å². The topological polar surface area (TPSA) is 101 Å². The first-order chi connectivity index (χ1) is 15.8. The van der Waals surface area contributed by atoms with Gasteiger partial charge < -0.3 is 10.1 Å². The Morgan fingerprint density at radius 1 is 0.909 bits per heavy atom. The average molecular weight is 438 g/mol. The standard InChI is InChI=1S/C26H23N5O2/c1-26(2,3)33-25(32)28-16-17-9-11-19(12-10-17)22-23(18-7-5-4-6-8-18)31-24-21(30-22)14-13-20(15-27)29-24/h4-14H,16H2,1-3H3,(H,28,32). The molecule has 0 aliphatic heterocycles. The van der Waals surface area contributed by atoms with Crippen LogP contribution in [0.4, 0.5) is 4.79 Å². The molecule has 2 aromatic heterocycles. The number of amides is 1. The Morgan fingerprint density at radius 3 is 2.24 bits per heavy atom. The van der Waals surface area contributed by atoms with Crippen LogP contribution < -0.4 is 5.32 Å². The van der Waals surface area contributed by atoms with E-state index in [0.717, 1.165) is 16.7 Å². The summed E-state index contributed by atoms with van der Waals surface area (Å²) >= 11 is 0. The zero-order valence-electron chi connectivity index (χ0n) is 18.7. The second-order valence-electron chi connectivity index (χ2n) is 8.49. The van der Waals surface area contributed by atoms with Crippen LogP contribution >= 0.6 is 0 Å². The minimum atomic E-state index is -0.542. The number of rotatable bonds is 4. The number of pyridine rings is 1. The summed E-state index contributed by atoms with van der Waals surface area (Å²) in [6, 6.07) is 23.0. The fourth-order valence-electron chi connectivity index (χ4n) is 3.27. The molecule has 4 aromatic rings. The second-order valence-corrected chi connectivity index (χ2v) is 8.49. The van der Waals surface area contributed by atoms with Crippen molar-refractivity contribution >= 4 is 17.3 Å². The maximum absolute atomic E-state index is 11.9. The van der Waals surface area contributed by atoms with Crippen LogP contribution in [-0.2, 0) is 11.3 Å². The lowest BCUT2D eigenvalue weighted by molar-refractivity contribution is 0.0523. The summed E-state index contributed by atoms with van der Waals surface area (Å²) in [5.74, 6) is 0. The van der Waals surface area contributed by atoms with Gasteiger partial charge in [0.15, 0.2) is 5.65 Å². The van der Waals surface area contributed by atoms with Gasteiger partial charge in [-0.15, -0.1) is 0 Å². The Labute approximate surface area is 192 Å². The SMILES string of the molecule is CC(C)(C)OC(=O)NCc1ccc(-c2nc3ccc(C#N)nc3nc2-c2ccccc2)cc1. The Bertz CT molecular complexity index is 1340. The van der Waals surface area contributed by atoms with Gasteiger partial charge in [-0.2, -0.15) is 5.26 Å². The van der Waals surface area contributed by atoms with Crippen LogP contribution in [0.15, 0.2) is 66.7 Å². The number of aromatic nitrogens is 3. The van der Waals surface area contributed by atoms with Crippen molar-refractivity contribution in [2.75, 3.05) is 0 Å². The number of hydrogen-bond donors (Lipinski definition) is 1. The summed E-state index contributed by atoms with van der Waals surface area (Å²) in [6.07, 6.45) is -0.456. The first kappa shape index (κ1) is 21.9. The van der Waals surface area contributed by atoms with Gasteiger partial charge in [0.1, 0.15) is 22.9 Å². The van der Waals surface area contributed by atoms with Gasteiger partial charge in [-0.05, 0) is 38.5 Å². The largest absolute Gasteiger partial charge is 0.444 e. The molecule has 0 unspecified atom stereocenters. The molecule has 0 radical (unpaired) electrons. The van der Waals surface area contributed by atoms with Crippen LogP contribution in [0.2, 0.25) is 0 Å². The molecular formula is C26H23N5O2. The quantitative estimate of drug-likeness (QED) is 0.468. The monoisotopic (exact) mass is 437 g/mol. The van der Waals surface area contributed by atoms with Crippen molar-refractivity contribution in [1.82, 2.24) is 20.3 Å². The number of ether oxygens (including phenoxy) is 1. The highest BCUT2D eigenvalue weighted by molar-refractivity contribution is 5.84. The molecule has 0 fully saturated rings. The molecule has 1 amide bonds. The molecule has 0 aliphatic rings. The molecule has 7 nitrogen and oxygen atoms in total. The molecule has 0 spiro atoms. The smallest absolute Gasteiger partial charge is 0.407 e. The van der Waals surface area contributed by atoms with Crippen LogP contribution in [0.3, 0.4) is 0 Å². The third kappa shape index (κ3) is 5.31. The number of alkyl carbamates (subject to hydrolysis) is 1. The van der Waals surface area contributed by atoms with Gasteiger partial charge in [0.25, 0.3) is 0 Å². The zero-order valence-corrected chi connectivity index (χ0v) is 18.7. The molecule has 0 saturated carbocycles. The third-order valence-electron chi connectivity index (χ3n) is 4.75. The van der Waals surface area contributed by atoms with Crippen molar-refractivity contribution in [2.24, 2.45) is 0 Å². The third-order valence-corrected chi connectivity index (χ3v) is 4.75. The number of fused-ring (bicyclic) bond motifs is 1. The Balaban J connectivity index is 1.67. The molecule has 2 aromatic carbocycles. The fourth-order valence-corrected chi connectivity index (χ4v) is 3.27. The van der Waals surface area contributed by atoms with Gasteiger partial charge in [0.2, 0.25) is 0 Å². The van der Waals surface area contributed by atoms with E-state index in [1.54, 1.807) is 12.1 Å². The Kier molecular flexibility index (Phi) is 6.01. The maximum Gasteiger partial charge on any atom is 0.407 e. The van der Waals surface area contributed by atoms with Gasteiger partial charge in [-0.3, -0.25) is 0 Å². The number of nitriles is 1. The molecule has 0 bridgehead atoms. The van der Waals surface area contributed by atoms with Crippen LogP contribution in [0, 0.1) is 11.3 Å². The van der Waals surface area contributed by atoms with Crippen molar-refractivity contribution in [1.29, 1.82) is 5.26 Å². The van der Waals surface area contributed by atoms with E-state index in [-0.39, 0.29) is 0 Å². The van der Waals surface area contributed by atoms with E-state index in [4.69, 9.17) is 14.7 Å². The lowest BCUT2D eigenvalue weighted by Gasteiger charge is -2.19. The van der Waals surface area contributed by atoms with E-state index >= 15 is 0 Å². The van der Waals surface area contributed by atoms with Gasteiger partial charge >= 0.3 is 6.09 Å². The highest BCUT2D eigenvalue weighted by Gasteiger charge is 2.16. The summed E-state index contributed by atoms with van der Waals surface area (Å²) in [7, 11) is 0. The lowest BCUT2D eigenvalue weighted by atomic mass is 10.0. The predicted octanol–water partition coefficient (Wildman–Crippen LogP) is 5.26. The number of nitrogens with zero attached hydrogens (tertiary/aromatic N) is 4. The van der Waals surface area contributed by atoms with E-state index in [1.165, 1.54) is 0 Å². The Hall–Kier alpha value is -4.31. The van der Waals surface area contributed by atoms with Crippen molar-refractivity contribution < 1.29 is 9.53 Å². The first-order valence-electron chi connectivity index (χ1n) is 10.5. The van der Waals surface area contributed by atoms with Gasteiger partial charge in [-0.25, -0.2) is 19.7 Å². The summed E-state index contributed by atoms with van der Waals surface area (Å²) < 4.78 is 5.28. The highest BCUT2D eigenvalue weighted by atomic mass is 16.6. The van der Waals surface area contributed by atoms with E-state index in [1.807, 2.05) is 81.4 Å². The zero-order chi connectivity index (χ0) is 23.4. The van der Waals surface area contributed by atoms with E-state index < -0.39 is 11.7 Å². The summed E-state index contributed by atoms with van der Waals surface area (Å²) in [6.45, 7) is 5.83. The number of nitrogens with one attached hydrogen (secondary N) is 1. The molecule has 7 heteroatoms. The van der Waals surface area contributed by atoms with Crippen molar-refractivity contribution in [3.8, 4) is 28.6 Å². The number of hydrogen-bond acceptors (Lipinski definition) is 6. The van der Waals surface area contributed by atoms with E-state index in [9.17, 15) is 10.1 Å². The maximum atomic E-state index is 11.9. The minimum absolute atomic E-state index is 0.297. The molecule has 33 heavy (non-hydrogen) atoms. The summed E-state index contributed by atoms with van der Waals surface area (Å²) in [5.41, 5.74) is 4.91. The summed E-state index contributed by atoms with van der Waals surface area (Å²) in [4.78, 5) is 25.8. The molecule has 164 valence electrons. The molecule has 0 aliphatic carbocycles. The van der Waals surface area contributed by atoms with Crippen LogP contribution in [-0.4, -0.2) is 26.6 Å².